The zero-order valence-electron chi connectivity index (χ0n) is 11.8. The van der Waals surface area contributed by atoms with E-state index < -0.39 is 0 Å². The first-order chi connectivity index (χ1) is 9.54. The highest BCUT2D eigenvalue weighted by Crippen LogP contribution is 2.17. The zero-order valence-corrected chi connectivity index (χ0v) is 11.8. The molecular formula is C17H19NO2. The van der Waals surface area contributed by atoms with Gasteiger partial charge in [0, 0.05) is 12.1 Å². The van der Waals surface area contributed by atoms with Crippen molar-refractivity contribution in [2.45, 2.75) is 26.7 Å². The van der Waals surface area contributed by atoms with Crippen LogP contribution < -0.4 is 5.32 Å². The van der Waals surface area contributed by atoms with Crippen LogP contribution in [0.4, 0.5) is 5.69 Å². The van der Waals surface area contributed by atoms with Crippen molar-refractivity contribution in [3.63, 3.8) is 0 Å². The molecule has 2 N–H and O–H groups in total. The molecule has 0 bridgehead atoms. The van der Waals surface area contributed by atoms with Crippen molar-refractivity contribution in [3.05, 3.63) is 59.2 Å². The molecule has 0 aliphatic heterocycles. The summed E-state index contributed by atoms with van der Waals surface area (Å²) in [5.41, 5.74) is 4.06. The predicted octanol–water partition coefficient (Wildman–Crippen LogP) is 3.58. The Morgan fingerprint density at radius 3 is 2.65 bits per heavy atom. The van der Waals surface area contributed by atoms with E-state index in [4.69, 9.17) is 0 Å². The number of aromatic hydroxyl groups is 1. The average Bonchev–Trinajstić information content (AvgIpc) is 2.40. The molecule has 0 fully saturated rings. The molecule has 0 spiro atoms. The second-order valence-corrected chi connectivity index (χ2v) is 5.04. The number of phenols is 1. The van der Waals surface area contributed by atoms with Crippen LogP contribution in [0.3, 0.4) is 0 Å². The lowest BCUT2D eigenvalue weighted by Crippen LogP contribution is -2.13. The number of rotatable bonds is 4. The maximum atomic E-state index is 11.9. The molecule has 0 aliphatic rings. The van der Waals surface area contributed by atoms with Crippen LogP contribution in [-0.4, -0.2) is 11.0 Å². The highest BCUT2D eigenvalue weighted by molar-refractivity contribution is 5.91. The number of hydrogen-bond acceptors (Lipinski definition) is 2. The quantitative estimate of drug-likeness (QED) is 0.891. The third-order valence-electron chi connectivity index (χ3n) is 3.21. The van der Waals surface area contributed by atoms with E-state index in [0.717, 1.165) is 16.8 Å². The molecule has 0 aromatic heterocycles. The van der Waals surface area contributed by atoms with Gasteiger partial charge in [0.2, 0.25) is 5.91 Å². The van der Waals surface area contributed by atoms with Crippen molar-refractivity contribution in [1.29, 1.82) is 0 Å². The lowest BCUT2D eigenvalue weighted by atomic mass is 10.1. The number of carbonyl (C=O) groups excluding carboxylic acids is 1. The van der Waals surface area contributed by atoms with Crippen LogP contribution in [0.5, 0.6) is 5.75 Å². The normalized spacial score (nSPS) is 10.3. The van der Waals surface area contributed by atoms with Crippen LogP contribution in [-0.2, 0) is 11.2 Å². The van der Waals surface area contributed by atoms with Gasteiger partial charge in [-0.25, -0.2) is 0 Å². The van der Waals surface area contributed by atoms with Crippen molar-refractivity contribution in [2.75, 3.05) is 5.32 Å². The summed E-state index contributed by atoms with van der Waals surface area (Å²) in [5, 5.41) is 12.3. The Kier molecular flexibility index (Phi) is 4.41. The summed E-state index contributed by atoms with van der Waals surface area (Å²) >= 11 is 0. The fourth-order valence-corrected chi connectivity index (χ4v) is 2.14. The zero-order chi connectivity index (χ0) is 14.5. The minimum Gasteiger partial charge on any atom is -0.508 e. The highest BCUT2D eigenvalue weighted by atomic mass is 16.3. The second-order valence-electron chi connectivity index (χ2n) is 5.04. The number of anilines is 1. The van der Waals surface area contributed by atoms with Crippen molar-refractivity contribution in [3.8, 4) is 5.75 Å². The standard InChI is InChI=1S/C17H19NO2/c1-12-6-8-16(13(2)10-12)18-17(20)9-7-14-4-3-5-15(19)11-14/h3-6,8,10-11,19H,7,9H2,1-2H3,(H,18,20). The molecule has 0 radical (unpaired) electrons. The van der Waals surface area contributed by atoms with Crippen LogP contribution in [0, 0.1) is 13.8 Å². The number of benzene rings is 2. The van der Waals surface area contributed by atoms with E-state index in [9.17, 15) is 9.90 Å². The summed E-state index contributed by atoms with van der Waals surface area (Å²) < 4.78 is 0. The molecule has 0 aliphatic carbocycles. The fraction of sp³-hybridized carbons (Fsp3) is 0.235. The Labute approximate surface area is 119 Å². The molecule has 2 aromatic carbocycles. The van der Waals surface area contributed by atoms with Gasteiger partial charge < -0.3 is 10.4 Å². The van der Waals surface area contributed by atoms with E-state index in [1.807, 2.05) is 38.1 Å². The molecule has 0 heterocycles. The minimum atomic E-state index is -0.0136. The van der Waals surface area contributed by atoms with Gasteiger partial charge in [0.05, 0.1) is 0 Å². The van der Waals surface area contributed by atoms with Gasteiger partial charge in [-0.2, -0.15) is 0 Å². The van der Waals surface area contributed by atoms with Gasteiger partial charge in [0.15, 0.2) is 0 Å². The SMILES string of the molecule is Cc1ccc(NC(=O)CCc2cccc(O)c2)c(C)c1. The topological polar surface area (TPSA) is 49.3 Å². The molecule has 1 amide bonds. The maximum absolute atomic E-state index is 11.9. The molecule has 2 rings (SSSR count). The number of amides is 1. The molecule has 0 unspecified atom stereocenters. The predicted molar refractivity (Wildman–Crippen MR) is 81.0 cm³/mol. The number of hydrogen-bond donors (Lipinski definition) is 2. The van der Waals surface area contributed by atoms with Crippen LogP contribution in [0.1, 0.15) is 23.1 Å². The number of phenolic OH excluding ortho intramolecular Hbond substituents is 1. The highest BCUT2D eigenvalue weighted by Gasteiger charge is 2.05. The Morgan fingerprint density at radius 2 is 1.95 bits per heavy atom. The monoisotopic (exact) mass is 269 g/mol. The molecule has 3 nitrogen and oxygen atoms in total. The van der Waals surface area contributed by atoms with Gasteiger partial charge in [-0.05, 0) is 49.6 Å². The summed E-state index contributed by atoms with van der Waals surface area (Å²) in [4.78, 5) is 11.9. The summed E-state index contributed by atoms with van der Waals surface area (Å²) in [6, 6.07) is 13.0. The molecule has 20 heavy (non-hydrogen) atoms. The molecular weight excluding hydrogens is 250 g/mol. The Hall–Kier alpha value is -2.29. The molecule has 2 aromatic rings. The van der Waals surface area contributed by atoms with E-state index in [-0.39, 0.29) is 11.7 Å². The van der Waals surface area contributed by atoms with Gasteiger partial charge in [-0.15, -0.1) is 0 Å². The molecule has 0 atom stereocenters. The van der Waals surface area contributed by atoms with E-state index in [0.29, 0.717) is 12.8 Å². The third kappa shape index (κ3) is 3.85. The fourth-order valence-electron chi connectivity index (χ4n) is 2.14. The number of nitrogens with one attached hydrogen (secondary N) is 1. The van der Waals surface area contributed by atoms with Crippen LogP contribution in [0.25, 0.3) is 0 Å². The van der Waals surface area contributed by atoms with Crippen molar-refractivity contribution in [2.24, 2.45) is 0 Å². The number of carbonyl (C=O) groups is 1. The Balaban J connectivity index is 1.92. The summed E-state index contributed by atoms with van der Waals surface area (Å²) in [6.45, 7) is 4.01. The van der Waals surface area contributed by atoms with Gasteiger partial charge in [-0.1, -0.05) is 29.8 Å². The van der Waals surface area contributed by atoms with Gasteiger partial charge in [-0.3, -0.25) is 4.79 Å². The van der Waals surface area contributed by atoms with E-state index in [2.05, 4.69) is 5.32 Å². The van der Waals surface area contributed by atoms with Crippen molar-refractivity contribution < 1.29 is 9.90 Å². The summed E-state index contributed by atoms with van der Waals surface area (Å²) in [7, 11) is 0. The maximum Gasteiger partial charge on any atom is 0.224 e. The lowest BCUT2D eigenvalue weighted by Gasteiger charge is -2.09. The van der Waals surface area contributed by atoms with Crippen molar-refractivity contribution >= 4 is 11.6 Å². The first-order valence-corrected chi connectivity index (χ1v) is 6.69. The van der Waals surface area contributed by atoms with E-state index in [1.54, 1.807) is 18.2 Å². The molecule has 3 heteroatoms. The van der Waals surface area contributed by atoms with E-state index in [1.165, 1.54) is 5.56 Å². The first-order valence-electron chi connectivity index (χ1n) is 6.69. The van der Waals surface area contributed by atoms with Crippen LogP contribution >= 0.6 is 0 Å². The lowest BCUT2D eigenvalue weighted by molar-refractivity contribution is -0.116. The van der Waals surface area contributed by atoms with Gasteiger partial charge in [0.25, 0.3) is 0 Å². The van der Waals surface area contributed by atoms with Crippen LogP contribution in [0.15, 0.2) is 42.5 Å². The Morgan fingerprint density at radius 1 is 1.15 bits per heavy atom. The van der Waals surface area contributed by atoms with Gasteiger partial charge >= 0.3 is 0 Å². The largest absolute Gasteiger partial charge is 0.508 e. The smallest absolute Gasteiger partial charge is 0.224 e. The van der Waals surface area contributed by atoms with Crippen LogP contribution in [0.2, 0.25) is 0 Å². The average molecular weight is 269 g/mol. The molecule has 0 saturated carbocycles. The number of aryl methyl sites for hydroxylation is 3. The van der Waals surface area contributed by atoms with Crippen molar-refractivity contribution in [1.82, 2.24) is 0 Å². The van der Waals surface area contributed by atoms with Gasteiger partial charge in [0.1, 0.15) is 5.75 Å². The molecule has 104 valence electrons. The molecule has 0 saturated heterocycles. The van der Waals surface area contributed by atoms with E-state index >= 15 is 0 Å². The Bertz CT molecular complexity index is 620. The summed E-state index contributed by atoms with van der Waals surface area (Å²) in [6.07, 6.45) is 1.02. The first kappa shape index (κ1) is 14.1. The second kappa shape index (κ2) is 6.24. The minimum absolute atomic E-state index is 0.0136. The third-order valence-corrected chi connectivity index (χ3v) is 3.21. The summed E-state index contributed by atoms with van der Waals surface area (Å²) in [5.74, 6) is 0.220.